The predicted octanol–water partition coefficient (Wildman–Crippen LogP) is 3.87. The van der Waals surface area contributed by atoms with E-state index in [9.17, 15) is 4.79 Å². The summed E-state index contributed by atoms with van der Waals surface area (Å²) < 4.78 is 10.8. The van der Waals surface area contributed by atoms with Crippen molar-refractivity contribution >= 4 is 11.9 Å². The molecule has 1 aliphatic rings. The molecule has 106 valence electrons. The van der Waals surface area contributed by atoms with Gasteiger partial charge in [0.15, 0.2) is 5.76 Å². The van der Waals surface area contributed by atoms with Crippen molar-refractivity contribution in [2.24, 2.45) is 0 Å². The Morgan fingerprint density at radius 2 is 1.90 bits per heavy atom. The summed E-state index contributed by atoms with van der Waals surface area (Å²) in [4.78, 5) is 12.3. The lowest BCUT2D eigenvalue weighted by molar-refractivity contribution is 0.101. The molecule has 3 rings (SSSR count). The van der Waals surface area contributed by atoms with Crippen molar-refractivity contribution in [3.63, 3.8) is 0 Å². The first-order chi connectivity index (χ1) is 10.2. The lowest BCUT2D eigenvalue weighted by atomic mass is 10.1. The Balaban J connectivity index is 1.90. The number of aryl methyl sites for hydroxylation is 1. The van der Waals surface area contributed by atoms with Crippen molar-refractivity contribution in [3.8, 4) is 11.5 Å². The zero-order valence-corrected chi connectivity index (χ0v) is 12.1. The second-order valence-electron chi connectivity index (χ2n) is 4.90. The molecule has 2 aromatic rings. The van der Waals surface area contributed by atoms with E-state index in [1.54, 1.807) is 31.4 Å². The molecule has 21 heavy (non-hydrogen) atoms. The van der Waals surface area contributed by atoms with E-state index in [-0.39, 0.29) is 5.78 Å². The van der Waals surface area contributed by atoms with Gasteiger partial charge in [-0.2, -0.15) is 0 Å². The Morgan fingerprint density at radius 1 is 1.14 bits per heavy atom. The lowest BCUT2D eigenvalue weighted by Gasteiger charge is -2.02. The lowest BCUT2D eigenvalue weighted by Crippen LogP contribution is -1.98. The predicted molar refractivity (Wildman–Crippen MR) is 81.7 cm³/mol. The summed E-state index contributed by atoms with van der Waals surface area (Å²) in [7, 11) is 1.59. The second-order valence-corrected chi connectivity index (χ2v) is 4.90. The number of benzene rings is 2. The van der Waals surface area contributed by atoms with E-state index >= 15 is 0 Å². The Hall–Kier alpha value is -2.55. The van der Waals surface area contributed by atoms with Crippen LogP contribution in [0.3, 0.4) is 0 Å². The summed E-state index contributed by atoms with van der Waals surface area (Å²) >= 11 is 0. The van der Waals surface area contributed by atoms with Crippen LogP contribution in [0.15, 0.2) is 48.2 Å². The van der Waals surface area contributed by atoms with E-state index in [0.717, 1.165) is 12.0 Å². The molecule has 3 nitrogen and oxygen atoms in total. The third-order valence-electron chi connectivity index (χ3n) is 3.56. The van der Waals surface area contributed by atoms with Crippen LogP contribution in [-0.4, -0.2) is 12.9 Å². The van der Waals surface area contributed by atoms with Crippen LogP contribution in [0.4, 0.5) is 0 Å². The fourth-order valence-electron chi connectivity index (χ4n) is 2.30. The molecule has 1 heterocycles. The maximum atomic E-state index is 12.3. The van der Waals surface area contributed by atoms with Gasteiger partial charge in [-0.25, -0.2) is 0 Å². The Bertz CT molecular complexity index is 712. The van der Waals surface area contributed by atoms with E-state index in [2.05, 4.69) is 19.1 Å². The fraction of sp³-hybridized carbons (Fsp3) is 0.167. The average Bonchev–Trinajstić information content (AvgIpc) is 2.83. The number of methoxy groups -OCH3 is 1. The Labute approximate surface area is 123 Å². The van der Waals surface area contributed by atoms with Crippen LogP contribution in [0.1, 0.15) is 28.4 Å². The number of Topliss-reactive ketones (excluding diaryl/α,β-unsaturated/α-hetero) is 1. The molecule has 0 spiro atoms. The van der Waals surface area contributed by atoms with Crippen molar-refractivity contribution in [2.75, 3.05) is 7.11 Å². The van der Waals surface area contributed by atoms with Gasteiger partial charge >= 0.3 is 0 Å². The van der Waals surface area contributed by atoms with Gasteiger partial charge in [0, 0.05) is 6.07 Å². The topological polar surface area (TPSA) is 35.5 Å². The summed E-state index contributed by atoms with van der Waals surface area (Å²) in [6.45, 7) is 2.11. The molecule has 0 radical (unpaired) electrons. The number of ketones is 1. The Kier molecular flexibility index (Phi) is 3.48. The molecule has 0 amide bonds. The molecule has 0 saturated heterocycles. The highest BCUT2D eigenvalue weighted by Crippen LogP contribution is 2.34. The zero-order chi connectivity index (χ0) is 14.8. The average molecular weight is 280 g/mol. The molecule has 0 atom stereocenters. The minimum Gasteiger partial charge on any atom is -0.497 e. The standard InChI is InChI=1S/C18H16O3/c1-3-12-4-6-13(7-5-12)10-17-18(19)15-9-8-14(20-2)11-16(15)21-17/h4-11H,3H2,1-2H3/b17-10+. The van der Waals surface area contributed by atoms with Crippen molar-refractivity contribution in [3.05, 3.63) is 64.9 Å². The first-order valence-electron chi connectivity index (χ1n) is 6.92. The van der Waals surface area contributed by atoms with Gasteiger partial charge in [-0.05, 0) is 35.8 Å². The summed E-state index contributed by atoms with van der Waals surface area (Å²) in [6, 6.07) is 13.3. The number of fused-ring (bicyclic) bond motifs is 1. The van der Waals surface area contributed by atoms with Crippen molar-refractivity contribution in [1.82, 2.24) is 0 Å². The van der Waals surface area contributed by atoms with Crippen LogP contribution < -0.4 is 9.47 Å². The van der Waals surface area contributed by atoms with Crippen LogP contribution in [0.5, 0.6) is 11.5 Å². The second kappa shape index (κ2) is 5.44. The maximum Gasteiger partial charge on any atom is 0.231 e. The van der Waals surface area contributed by atoms with Crippen molar-refractivity contribution in [2.45, 2.75) is 13.3 Å². The van der Waals surface area contributed by atoms with Gasteiger partial charge in [0.05, 0.1) is 12.7 Å². The van der Waals surface area contributed by atoms with Gasteiger partial charge in [0.1, 0.15) is 11.5 Å². The highest BCUT2D eigenvalue weighted by atomic mass is 16.5. The molecule has 0 aromatic heterocycles. The molecule has 0 fully saturated rings. The smallest absolute Gasteiger partial charge is 0.231 e. The number of ether oxygens (including phenoxy) is 2. The van der Waals surface area contributed by atoms with Gasteiger partial charge in [-0.15, -0.1) is 0 Å². The van der Waals surface area contributed by atoms with Gasteiger partial charge in [-0.3, -0.25) is 4.79 Å². The minimum absolute atomic E-state index is 0.0905. The van der Waals surface area contributed by atoms with E-state index < -0.39 is 0 Å². The quantitative estimate of drug-likeness (QED) is 0.800. The minimum atomic E-state index is -0.0905. The number of allylic oxidation sites excluding steroid dienone is 1. The third-order valence-corrected chi connectivity index (χ3v) is 3.56. The first-order valence-corrected chi connectivity index (χ1v) is 6.92. The number of hydrogen-bond acceptors (Lipinski definition) is 3. The van der Waals surface area contributed by atoms with Gasteiger partial charge in [-0.1, -0.05) is 31.2 Å². The van der Waals surface area contributed by atoms with Gasteiger partial charge in [0.25, 0.3) is 0 Å². The number of carbonyl (C=O) groups is 1. The summed E-state index contributed by atoms with van der Waals surface area (Å²) in [5, 5.41) is 0. The van der Waals surface area contributed by atoms with Crippen LogP contribution in [0.25, 0.3) is 6.08 Å². The van der Waals surface area contributed by atoms with Gasteiger partial charge < -0.3 is 9.47 Å². The molecular weight excluding hydrogens is 264 g/mol. The van der Waals surface area contributed by atoms with E-state index in [1.807, 2.05) is 12.1 Å². The molecule has 3 heteroatoms. The SMILES string of the molecule is CCc1ccc(/C=C2/Oc3cc(OC)ccc3C2=O)cc1. The molecule has 1 aliphatic heterocycles. The molecule has 0 unspecified atom stereocenters. The number of carbonyl (C=O) groups excluding carboxylic acids is 1. The summed E-state index contributed by atoms with van der Waals surface area (Å²) in [6.07, 6.45) is 2.77. The molecule has 0 saturated carbocycles. The maximum absolute atomic E-state index is 12.3. The molecule has 2 aromatic carbocycles. The summed E-state index contributed by atoms with van der Waals surface area (Å²) in [5.41, 5.74) is 2.80. The highest BCUT2D eigenvalue weighted by molar-refractivity contribution is 6.14. The van der Waals surface area contributed by atoms with Crippen molar-refractivity contribution < 1.29 is 14.3 Å². The summed E-state index contributed by atoms with van der Waals surface area (Å²) in [5.74, 6) is 1.49. The van der Waals surface area contributed by atoms with Crippen LogP contribution in [-0.2, 0) is 6.42 Å². The van der Waals surface area contributed by atoms with Crippen LogP contribution >= 0.6 is 0 Å². The van der Waals surface area contributed by atoms with Crippen LogP contribution in [0, 0.1) is 0 Å². The number of rotatable bonds is 3. The van der Waals surface area contributed by atoms with Crippen molar-refractivity contribution in [1.29, 1.82) is 0 Å². The van der Waals surface area contributed by atoms with Gasteiger partial charge in [0.2, 0.25) is 5.78 Å². The Morgan fingerprint density at radius 3 is 2.57 bits per heavy atom. The molecule has 0 N–H and O–H groups in total. The fourth-order valence-corrected chi connectivity index (χ4v) is 2.30. The largest absolute Gasteiger partial charge is 0.497 e. The highest BCUT2D eigenvalue weighted by Gasteiger charge is 2.27. The molecular formula is C18H16O3. The first kappa shape index (κ1) is 13.4. The van der Waals surface area contributed by atoms with E-state index in [0.29, 0.717) is 22.8 Å². The molecule has 0 aliphatic carbocycles. The molecule has 0 bridgehead atoms. The normalized spacial score (nSPS) is 15.0. The van der Waals surface area contributed by atoms with E-state index in [4.69, 9.17) is 9.47 Å². The van der Waals surface area contributed by atoms with Crippen LogP contribution in [0.2, 0.25) is 0 Å². The zero-order valence-electron chi connectivity index (χ0n) is 12.1. The van der Waals surface area contributed by atoms with E-state index in [1.165, 1.54) is 5.56 Å². The number of hydrogen-bond donors (Lipinski definition) is 0. The third kappa shape index (κ3) is 2.55. The monoisotopic (exact) mass is 280 g/mol.